The zero-order valence-electron chi connectivity index (χ0n) is 22.1. The van der Waals surface area contributed by atoms with Crippen LogP contribution in [0.25, 0.3) is 44.1 Å². The molecule has 1 aromatic heterocycles. The zero-order valence-corrected chi connectivity index (χ0v) is 22.1. The molecule has 1 nitrogen and oxygen atoms in total. The minimum atomic E-state index is 0. The molecule has 190 valence electrons. The van der Waals surface area contributed by atoms with Crippen LogP contribution < -0.4 is 0 Å². The molecule has 5 aromatic carbocycles. The average molecular weight is 496 g/mol. The smallest absolute Gasteiger partial charge is 0.0471 e. The van der Waals surface area contributed by atoms with Crippen molar-refractivity contribution in [3.63, 3.8) is 0 Å². The molecule has 2 aliphatic carbocycles. The van der Waals surface area contributed by atoms with Crippen LogP contribution in [0.15, 0.2) is 109 Å². The van der Waals surface area contributed by atoms with E-state index in [-0.39, 0.29) is 12.8 Å². The minimum Gasteiger partial charge on any atom is -0.354 e. The molecular weight excluding hydrogens is 458 g/mol. The van der Waals surface area contributed by atoms with Gasteiger partial charge >= 0.3 is 0 Å². The third-order valence-electron chi connectivity index (χ3n) is 7.91. The van der Waals surface area contributed by atoms with Gasteiger partial charge in [-0.15, -0.1) is 0 Å². The highest BCUT2D eigenvalue weighted by atomic mass is 14.7. The number of rotatable bonds is 0. The SMILES string of the molecule is C.CC.CC1(C)c2ccccc2-c2ccccc21.c1ccc2c(c1)Cc1cc3c(cc1-2)[nH]c1ccccc13. The Morgan fingerprint density at radius 1 is 0.526 bits per heavy atom. The summed E-state index contributed by atoms with van der Waals surface area (Å²) in [7, 11) is 0. The molecule has 0 aliphatic heterocycles. The van der Waals surface area contributed by atoms with E-state index < -0.39 is 0 Å². The lowest BCUT2D eigenvalue weighted by Gasteiger charge is -2.20. The Labute approximate surface area is 227 Å². The summed E-state index contributed by atoms with van der Waals surface area (Å²) in [5, 5.41) is 2.66. The Hall–Kier alpha value is -4.10. The number of H-pyrrole nitrogens is 1. The van der Waals surface area contributed by atoms with E-state index in [0.29, 0.717) is 0 Å². The van der Waals surface area contributed by atoms with Gasteiger partial charge in [0, 0.05) is 27.2 Å². The highest BCUT2D eigenvalue weighted by Gasteiger charge is 2.34. The van der Waals surface area contributed by atoms with Crippen molar-refractivity contribution in [2.45, 2.75) is 47.0 Å². The van der Waals surface area contributed by atoms with E-state index in [4.69, 9.17) is 0 Å². The van der Waals surface area contributed by atoms with Crippen LogP contribution in [0.1, 0.15) is 57.4 Å². The summed E-state index contributed by atoms with van der Waals surface area (Å²) in [4.78, 5) is 3.54. The van der Waals surface area contributed by atoms with Crippen molar-refractivity contribution >= 4 is 21.8 Å². The first-order chi connectivity index (χ1) is 18.1. The maximum atomic E-state index is 3.54. The number of aromatic nitrogens is 1. The van der Waals surface area contributed by atoms with Gasteiger partial charge in [0.2, 0.25) is 0 Å². The number of benzene rings is 5. The Morgan fingerprint density at radius 3 is 1.76 bits per heavy atom. The van der Waals surface area contributed by atoms with Gasteiger partial charge in [0.25, 0.3) is 0 Å². The quantitative estimate of drug-likeness (QED) is 0.215. The third kappa shape index (κ3) is 3.94. The lowest BCUT2D eigenvalue weighted by Crippen LogP contribution is -2.14. The van der Waals surface area contributed by atoms with Crippen LogP contribution >= 0.6 is 0 Å². The number of nitrogens with one attached hydrogen (secondary N) is 1. The summed E-state index contributed by atoms with van der Waals surface area (Å²) in [6.07, 6.45) is 1.06. The molecule has 8 rings (SSSR count). The molecule has 0 saturated carbocycles. The van der Waals surface area contributed by atoms with E-state index >= 15 is 0 Å². The van der Waals surface area contributed by atoms with Crippen LogP contribution in [-0.2, 0) is 11.8 Å². The van der Waals surface area contributed by atoms with Crippen LogP contribution in [0.2, 0.25) is 0 Å². The van der Waals surface area contributed by atoms with Crippen LogP contribution in [0, 0.1) is 0 Å². The van der Waals surface area contributed by atoms with Crippen LogP contribution in [-0.4, -0.2) is 4.98 Å². The highest BCUT2D eigenvalue weighted by Crippen LogP contribution is 2.48. The van der Waals surface area contributed by atoms with Crippen molar-refractivity contribution in [1.29, 1.82) is 0 Å². The molecule has 0 unspecified atom stereocenters. The van der Waals surface area contributed by atoms with Gasteiger partial charge in [-0.2, -0.15) is 0 Å². The maximum absolute atomic E-state index is 3.54. The molecule has 1 N–H and O–H groups in total. The summed E-state index contributed by atoms with van der Waals surface area (Å²) in [5.41, 5.74) is 14.0. The zero-order chi connectivity index (χ0) is 25.6. The first kappa shape index (κ1) is 25.5. The Bertz CT molecular complexity index is 1700. The molecule has 0 fully saturated rings. The highest BCUT2D eigenvalue weighted by molar-refractivity contribution is 6.09. The molecule has 2 aliphatic rings. The predicted octanol–water partition coefficient (Wildman–Crippen LogP) is 10.5. The van der Waals surface area contributed by atoms with Gasteiger partial charge in [-0.05, 0) is 69.1 Å². The fourth-order valence-electron chi connectivity index (χ4n) is 6.15. The van der Waals surface area contributed by atoms with Gasteiger partial charge < -0.3 is 4.98 Å². The first-order valence-electron chi connectivity index (χ1n) is 13.4. The molecule has 0 atom stereocenters. The molecular formula is C37H37N. The average Bonchev–Trinajstić information content (AvgIpc) is 3.57. The Morgan fingerprint density at radius 2 is 1.08 bits per heavy atom. The molecule has 6 aromatic rings. The largest absolute Gasteiger partial charge is 0.354 e. The monoisotopic (exact) mass is 495 g/mol. The fourth-order valence-corrected chi connectivity index (χ4v) is 6.15. The van der Waals surface area contributed by atoms with Crippen molar-refractivity contribution in [3.8, 4) is 22.3 Å². The minimum absolute atomic E-state index is 0. The summed E-state index contributed by atoms with van der Waals surface area (Å²) in [5.74, 6) is 0. The summed E-state index contributed by atoms with van der Waals surface area (Å²) < 4.78 is 0. The lowest BCUT2D eigenvalue weighted by molar-refractivity contribution is 0.660. The number of hydrogen-bond acceptors (Lipinski definition) is 0. The van der Waals surface area contributed by atoms with Crippen LogP contribution in [0.5, 0.6) is 0 Å². The van der Waals surface area contributed by atoms with E-state index in [9.17, 15) is 0 Å². The number of aromatic amines is 1. The van der Waals surface area contributed by atoms with Crippen molar-refractivity contribution in [1.82, 2.24) is 4.98 Å². The normalized spacial score (nSPS) is 13.2. The molecule has 0 amide bonds. The topological polar surface area (TPSA) is 15.8 Å². The predicted molar refractivity (Wildman–Crippen MR) is 166 cm³/mol. The molecule has 0 saturated heterocycles. The lowest BCUT2D eigenvalue weighted by atomic mass is 9.82. The molecule has 0 bridgehead atoms. The van der Waals surface area contributed by atoms with Crippen LogP contribution in [0.4, 0.5) is 0 Å². The first-order valence-corrected chi connectivity index (χ1v) is 13.4. The summed E-state index contributed by atoms with van der Waals surface area (Å²) >= 11 is 0. The Balaban J connectivity index is 0.000000147. The second-order valence-corrected chi connectivity index (χ2v) is 10.3. The van der Waals surface area contributed by atoms with Crippen LogP contribution in [0.3, 0.4) is 0 Å². The Kier molecular flexibility index (Phi) is 6.71. The van der Waals surface area contributed by atoms with E-state index in [1.165, 1.54) is 66.3 Å². The molecule has 38 heavy (non-hydrogen) atoms. The van der Waals surface area contributed by atoms with Gasteiger partial charge in [-0.1, -0.05) is 126 Å². The molecule has 1 heterocycles. The van der Waals surface area contributed by atoms with Gasteiger partial charge in [0.15, 0.2) is 0 Å². The molecule has 0 radical (unpaired) electrons. The van der Waals surface area contributed by atoms with E-state index in [2.05, 4.69) is 128 Å². The second-order valence-electron chi connectivity index (χ2n) is 10.3. The standard InChI is InChI=1S/C19H13N.C15H14.C2H6.CH4/c1-2-6-14-12(5-1)9-13-10-17-15-7-3-4-8-18(15)20-19(17)11-16(13)14;1-15(2)13-9-5-3-7-11(13)12-8-4-6-10-14(12)15;1-2;/h1-8,10-11,20H,9H2;3-10H,1-2H3;1-2H3;1H4. The van der Waals surface area contributed by atoms with E-state index in [1.54, 1.807) is 0 Å². The van der Waals surface area contributed by atoms with Crippen molar-refractivity contribution < 1.29 is 0 Å². The van der Waals surface area contributed by atoms with Crippen molar-refractivity contribution in [2.75, 3.05) is 0 Å². The summed E-state index contributed by atoms with van der Waals surface area (Å²) in [6.45, 7) is 8.61. The van der Waals surface area contributed by atoms with Gasteiger partial charge in [0.05, 0.1) is 0 Å². The number of fused-ring (bicyclic) bond motifs is 9. The molecule has 1 heteroatoms. The third-order valence-corrected chi connectivity index (χ3v) is 7.91. The van der Waals surface area contributed by atoms with Crippen molar-refractivity contribution in [3.05, 3.63) is 131 Å². The van der Waals surface area contributed by atoms with E-state index in [0.717, 1.165) is 6.42 Å². The number of para-hydroxylation sites is 1. The second kappa shape index (κ2) is 9.99. The van der Waals surface area contributed by atoms with Crippen molar-refractivity contribution in [2.24, 2.45) is 0 Å². The fraction of sp³-hybridized carbons (Fsp3) is 0.189. The van der Waals surface area contributed by atoms with E-state index in [1.807, 2.05) is 13.8 Å². The molecule has 0 spiro atoms. The van der Waals surface area contributed by atoms with Gasteiger partial charge in [0.1, 0.15) is 0 Å². The summed E-state index contributed by atoms with van der Waals surface area (Å²) in [6, 6.07) is 39.4. The number of hydrogen-bond donors (Lipinski definition) is 1. The van der Waals surface area contributed by atoms with Gasteiger partial charge in [-0.3, -0.25) is 0 Å². The maximum Gasteiger partial charge on any atom is 0.0471 e. The van der Waals surface area contributed by atoms with Gasteiger partial charge in [-0.25, -0.2) is 0 Å².